The summed E-state index contributed by atoms with van der Waals surface area (Å²) < 4.78 is 0. The van der Waals surface area contributed by atoms with Crippen LogP contribution in [0, 0.1) is 0 Å². The Morgan fingerprint density at radius 2 is 1.95 bits per heavy atom. The standard InChI is InChI=1S/C15H17N3O2/c16-8-4-10-18(13-5-2-1-3-6-13)15(20)12-7-9-17-14(19)11-12/h1-3,5-7,9,11H,4,8,10,16H2,(H,17,19). The van der Waals surface area contributed by atoms with Gasteiger partial charge < -0.3 is 15.6 Å². The Kier molecular flexibility index (Phi) is 4.68. The van der Waals surface area contributed by atoms with Crippen LogP contribution >= 0.6 is 0 Å². The quantitative estimate of drug-likeness (QED) is 0.862. The Balaban J connectivity index is 2.31. The summed E-state index contributed by atoms with van der Waals surface area (Å²) >= 11 is 0. The van der Waals surface area contributed by atoms with Crippen molar-refractivity contribution in [3.8, 4) is 0 Å². The Morgan fingerprint density at radius 3 is 2.60 bits per heavy atom. The fourth-order valence-electron chi connectivity index (χ4n) is 1.94. The van der Waals surface area contributed by atoms with E-state index in [0.717, 1.165) is 5.69 Å². The number of rotatable bonds is 5. The number of aromatic amines is 1. The van der Waals surface area contributed by atoms with E-state index in [1.807, 2.05) is 30.3 Å². The number of benzene rings is 1. The number of H-pyrrole nitrogens is 1. The third-order valence-electron chi connectivity index (χ3n) is 2.92. The first kappa shape index (κ1) is 14.0. The minimum absolute atomic E-state index is 0.198. The number of nitrogens with two attached hydrogens (primary N) is 1. The van der Waals surface area contributed by atoms with Crippen molar-refractivity contribution in [2.75, 3.05) is 18.0 Å². The highest BCUT2D eigenvalue weighted by Crippen LogP contribution is 2.16. The second-order valence-electron chi connectivity index (χ2n) is 4.38. The third-order valence-corrected chi connectivity index (χ3v) is 2.92. The van der Waals surface area contributed by atoms with Crippen molar-refractivity contribution in [3.63, 3.8) is 0 Å². The smallest absolute Gasteiger partial charge is 0.258 e. The summed E-state index contributed by atoms with van der Waals surface area (Å²) in [5.41, 5.74) is 6.40. The summed E-state index contributed by atoms with van der Waals surface area (Å²) in [5, 5.41) is 0. The molecule has 0 radical (unpaired) electrons. The Hall–Kier alpha value is -2.40. The van der Waals surface area contributed by atoms with E-state index in [9.17, 15) is 9.59 Å². The molecule has 0 bridgehead atoms. The van der Waals surface area contributed by atoms with Gasteiger partial charge in [0.2, 0.25) is 5.56 Å². The van der Waals surface area contributed by atoms with Crippen LogP contribution in [0.4, 0.5) is 5.69 Å². The minimum Gasteiger partial charge on any atom is -0.330 e. The summed E-state index contributed by atoms with van der Waals surface area (Å²) in [6.07, 6.45) is 2.17. The lowest BCUT2D eigenvalue weighted by molar-refractivity contribution is 0.0986. The molecule has 0 aliphatic carbocycles. The summed E-state index contributed by atoms with van der Waals surface area (Å²) in [6.45, 7) is 1.03. The molecule has 0 fully saturated rings. The average molecular weight is 271 g/mol. The van der Waals surface area contributed by atoms with E-state index >= 15 is 0 Å². The maximum Gasteiger partial charge on any atom is 0.258 e. The van der Waals surface area contributed by atoms with Gasteiger partial charge in [-0.25, -0.2) is 0 Å². The van der Waals surface area contributed by atoms with Crippen LogP contribution in [0.2, 0.25) is 0 Å². The zero-order valence-corrected chi connectivity index (χ0v) is 11.1. The second kappa shape index (κ2) is 6.68. The number of hydrogen-bond acceptors (Lipinski definition) is 3. The summed E-state index contributed by atoms with van der Waals surface area (Å²) in [6, 6.07) is 12.3. The van der Waals surface area contributed by atoms with Crippen LogP contribution in [0.3, 0.4) is 0 Å². The molecule has 0 spiro atoms. The van der Waals surface area contributed by atoms with Gasteiger partial charge in [-0.3, -0.25) is 9.59 Å². The van der Waals surface area contributed by atoms with E-state index in [1.54, 1.807) is 11.0 Å². The number of carbonyl (C=O) groups is 1. The molecule has 1 amide bonds. The molecular formula is C15H17N3O2. The number of aromatic nitrogens is 1. The predicted octanol–water partition coefficient (Wildman–Crippen LogP) is 1.37. The highest BCUT2D eigenvalue weighted by molar-refractivity contribution is 6.05. The lowest BCUT2D eigenvalue weighted by Crippen LogP contribution is -2.33. The summed E-state index contributed by atoms with van der Waals surface area (Å²) in [4.78, 5) is 28.0. The van der Waals surface area contributed by atoms with Crippen LogP contribution in [0.1, 0.15) is 16.8 Å². The number of hydrogen-bond donors (Lipinski definition) is 2. The zero-order valence-electron chi connectivity index (χ0n) is 11.1. The van der Waals surface area contributed by atoms with Gasteiger partial charge in [0.15, 0.2) is 0 Å². The molecule has 3 N–H and O–H groups in total. The van der Waals surface area contributed by atoms with Gasteiger partial charge in [0.05, 0.1) is 0 Å². The normalized spacial score (nSPS) is 10.2. The number of amides is 1. The number of nitrogens with one attached hydrogen (secondary N) is 1. The highest BCUT2D eigenvalue weighted by Gasteiger charge is 2.17. The maximum atomic E-state index is 12.5. The van der Waals surface area contributed by atoms with Crippen molar-refractivity contribution < 1.29 is 4.79 Å². The van der Waals surface area contributed by atoms with Crippen LogP contribution in [-0.2, 0) is 0 Å². The lowest BCUT2D eigenvalue weighted by atomic mass is 10.2. The average Bonchev–Trinajstić information content (AvgIpc) is 2.48. The first-order chi connectivity index (χ1) is 9.72. The van der Waals surface area contributed by atoms with E-state index in [-0.39, 0.29) is 11.5 Å². The summed E-state index contributed by atoms with van der Waals surface area (Å²) in [7, 11) is 0. The molecule has 2 aromatic rings. The molecule has 0 aliphatic rings. The third kappa shape index (κ3) is 3.33. The van der Waals surface area contributed by atoms with Crippen LogP contribution in [0.25, 0.3) is 0 Å². The zero-order chi connectivity index (χ0) is 14.4. The molecule has 0 atom stereocenters. The molecule has 0 aliphatic heterocycles. The van der Waals surface area contributed by atoms with Crippen molar-refractivity contribution in [3.05, 3.63) is 64.6 Å². The van der Waals surface area contributed by atoms with E-state index in [0.29, 0.717) is 25.1 Å². The number of carbonyl (C=O) groups excluding carboxylic acids is 1. The first-order valence-corrected chi connectivity index (χ1v) is 6.48. The van der Waals surface area contributed by atoms with Gasteiger partial charge in [0.25, 0.3) is 5.91 Å². The molecule has 1 heterocycles. The van der Waals surface area contributed by atoms with Crippen molar-refractivity contribution in [2.24, 2.45) is 5.73 Å². The van der Waals surface area contributed by atoms with Gasteiger partial charge in [-0.15, -0.1) is 0 Å². The van der Waals surface area contributed by atoms with E-state index in [2.05, 4.69) is 4.98 Å². The molecule has 1 aromatic carbocycles. The largest absolute Gasteiger partial charge is 0.330 e. The lowest BCUT2D eigenvalue weighted by Gasteiger charge is -2.22. The molecule has 0 saturated heterocycles. The molecule has 20 heavy (non-hydrogen) atoms. The number of pyridine rings is 1. The fourth-order valence-corrected chi connectivity index (χ4v) is 1.94. The molecule has 104 valence electrons. The van der Waals surface area contributed by atoms with Crippen molar-refractivity contribution in [1.29, 1.82) is 0 Å². The van der Waals surface area contributed by atoms with Crippen molar-refractivity contribution >= 4 is 11.6 Å². The van der Waals surface area contributed by atoms with Gasteiger partial charge in [-0.1, -0.05) is 18.2 Å². The first-order valence-electron chi connectivity index (χ1n) is 6.48. The summed E-state index contributed by atoms with van der Waals surface area (Å²) in [5.74, 6) is -0.198. The van der Waals surface area contributed by atoms with Crippen LogP contribution in [-0.4, -0.2) is 24.0 Å². The Bertz CT molecular complexity index is 622. The minimum atomic E-state index is -0.289. The van der Waals surface area contributed by atoms with Crippen LogP contribution in [0.15, 0.2) is 53.5 Å². The fraction of sp³-hybridized carbons (Fsp3) is 0.200. The van der Waals surface area contributed by atoms with Crippen LogP contribution < -0.4 is 16.2 Å². The van der Waals surface area contributed by atoms with Gasteiger partial charge >= 0.3 is 0 Å². The number of anilines is 1. The molecule has 5 heteroatoms. The molecule has 0 saturated carbocycles. The Labute approximate surface area is 117 Å². The maximum absolute atomic E-state index is 12.5. The van der Waals surface area contributed by atoms with Gasteiger partial charge in [0.1, 0.15) is 0 Å². The predicted molar refractivity (Wildman–Crippen MR) is 78.9 cm³/mol. The van der Waals surface area contributed by atoms with E-state index in [4.69, 9.17) is 5.73 Å². The van der Waals surface area contributed by atoms with E-state index in [1.165, 1.54) is 12.3 Å². The topological polar surface area (TPSA) is 79.2 Å². The number of nitrogens with zero attached hydrogens (tertiary/aromatic N) is 1. The molecule has 5 nitrogen and oxygen atoms in total. The van der Waals surface area contributed by atoms with Gasteiger partial charge in [-0.05, 0) is 31.2 Å². The second-order valence-corrected chi connectivity index (χ2v) is 4.38. The molecule has 1 aromatic heterocycles. The monoisotopic (exact) mass is 271 g/mol. The highest BCUT2D eigenvalue weighted by atomic mass is 16.2. The van der Waals surface area contributed by atoms with Crippen molar-refractivity contribution in [2.45, 2.75) is 6.42 Å². The molecular weight excluding hydrogens is 254 g/mol. The number of para-hydroxylation sites is 1. The SMILES string of the molecule is NCCCN(C(=O)c1cc[nH]c(=O)c1)c1ccccc1. The van der Waals surface area contributed by atoms with Crippen molar-refractivity contribution in [1.82, 2.24) is 4.98 Å². The van der Waals surface area contributed by atoms with Gasteiger partial charge in [0, 0.05) is 30.1 Å². The Morgan fingerprint density at radius 1 is 1.20 bits per heavy atom. The van der Waals surface area contributed by atoms with Gasteiger partial charge in [-0.2, -0.15) is 0 Å². The molecule has 0 unspecified atom stereocenters. The molecule has 2 rings (SSSR count). The van der Waals surface area contributed by atoms with E-state index < -0.39 is 0 Å². The van der Waals surface area contributed by atoms with Crippen LogP contribution in [0.5, 0.6) is 0 Å².